The number of rotatable bonds is 2. The molecule has 0 saturated carbocycles. The van der Waals surface area contributed by atoms with E-state index < -0.39 is 0 Å². The molecule has 0 atom stereocenters. The van der Waals surface area contributed by atoms with Gasteiger partial charge in [0.2, 0.25) is 0 Å². The van der Waals surface area contributed by atoms with Crippen LogP contribution < -0.4 is 0 Å². The van der Waals surface area contributed by atoms with Crippen LogP contribution >= 0.6 is 0 Å². The second-order valence-electron chi connectivity index (χ2n) is 6.83. The minimum absolute atomic E-state index is 0.485. The van der Waals surface area contributed by atoms with E-state index in [4.69, 9.17) is 4.74 Å². The molecular weight excluding hydrogens is 234 g/mol. The van der Waals surface area contributed by atoms with Crippen molar-refractivity contribution in [3.05, 3.63) is 34.9 Å². The Bertz CT molecular complexity index is 447. The van der Waals surface area contributed by atoms with E-state index >= 15 is 0 Å². The van der Waals surface area contributed by atoms with Gasteiger partial charge in [-0.2, -0.15) is 0 Å². The van der Waals surface area contributed by atoms with Gasteiger partial charge >= 0.3 is 0 Å². The molecule has 0 bridgehead atoms. The minimum atomic E-state index is 0.485. The molecule has 3 rings (SSSR count). The van der Waals surface area contributed by atoms with E-state index in [1.54, 1.807) is 11.1 Å². The summed E-state index contributed by atoms with van der Waals surface area (Å²) in [6.45, 7) is 9.78. The van der Waals surface area contributed by atoms with Gasteiger partial charge < -0.3 is 4.74 Å². The monoisotopic (exact) mass is 259 g/mol. The molecule has 2 nitrogen and oxygen atoms in total. The molecule has 1 saturated heterocycles. The molecule has 1 aromatic rings. The van der Waals surface area contributed by atoms with Gasteiger partial charge in [0.15, 0.2) is 0 Å². The molecule has 0 aromatic heterocycles. The smallest absolute Gasteiger partial charge is 0.0594 e. The van der Waals surface area contributed by atoms with Crippen molar-refractivity contribution in [2.75, 3.05) is 26.3 Å². The van der Waals surface area contributed by atoms with Crippen molar-refractivity contribution in [1.29, 1.82) is 0 Å². The fourth-order valence-corrected chi connectivity index (χ4v) is 3.28. The summed E-state index contributed by atoms with van der Waals surface area (Å²) in [7, 11) is 0. The van der Waals surface area contributed by atoms with Crippen LogP contribution in [0.5, 0.6) is 0 Å². The van der Waals surface area contributed by atoms with Crippen LogP contribution in [-0.4, -0.2) is 31.2 Å². The van der Waals surface area contributed by atoms with E-state index in [9.17, 15) is 0 Å². The number of aryl methyl sites for hydroxylation is 1. The second kappa shape index (κ2) is 5.26. The van der Waals surface area contributed by atoms with Crippen LogP contribution in [0.1, 0.15) is 37.0 Å². The highest BCUT2D eigenvalue weighted by Crippen LogP contribution is 2.35. The third-order valence-corrected chi connectivity index (χ3v) is 4.52. The summed E-state index contributed by atoms with van der Waals surface area (Å²) in [5.41, 5.74) is 5.12. The molecule has 104 valence electrons. The van der Waals surface area contributed by atoms with Crippen LogP contribution in [0.15, 0.2) is 18.2 Å². The van der Waals surface area contributed by atoms with E-state index in [-0.39, 0.29) is 0 Å². The lowest BCUT2D eigenvalue weighted by molar-refractivity contribution is 0.0342. The van der Waals surface area contributed by atoms with E-state index in [1.807, 2.05) is 0 Å². The number of nitrogens with zero attached hydrogens (tertiary/aromatic N) is 1. The number of benzene rings is 1. The van der Waals surface area contributed by atoms with Gasteiger partial charge in [-0.15, -0.1) is 0 Å². The molecular formula is C17H25NO. The molecule has 0 spiro atoms. The third-order valence-electron chi connectivity index (χ3n) is 4.52. The lowest BCUT2D eigenvalue weighted by Gasteiger charge is -2.32. The van der Waals surface area contributed by atoms with Crippen LogP contribution in [0.4, 0.5) is 0 Å². The Hall–Kier alpha value is -0.860. The zero-order valence-corrected chi connectivity index (χ0v) is 12.2. The summed E-state index contributed by atoms with van der Waals surface area (Å²) in [4.78, 5) is 2.50. The highest BCUT2D eigenvalue weighted by atomic mass is 16.5. The molecule has 0 N–H and O–H groups in total. The predicted octanol–water partition coefficient (Wildman–Crippen LogP) is 3.03. The first-order chi connectivity index (χ1) is 9.12. The Morgan fingerprint density at radius 3 is 2.74 bits per heavy atom. The molecule has 1 aliphatic heterocycles. The molecule has 1 heterocycles. The molecule has 0 amide bonds. The van der Waals surface area contributed by atoms with Gasteiger partial charge in [-0.05, 0) is 41.4 Å². The van der Waals surface area contributed by atoms with Crippen LogP contribution in [0.2, 0.25) is 0 Å². The Labute approximate surface area is 116 Å². The first-order valence-electron chi connectivity index (χ1n) is 7.53. The van der Waals surface area contributed by atoms with Gasteiger partial charge in [-0.3, -0.25) is 4.90 Å². The first-order valence-corrected chi connectivity index (χ1v) is 7.53. The van der Waals surface area contributed by atoms with E-state index in [0.29, 0.717) is 5.41 Å². The molecule has 2 heteroatoms. The summed E-state index contributed by atoms with van der Waals surface area (Å²) in [6.07, 6.45) is 3.81. The topological polar surface area (TPSA) is 12.5 Å². The van der Waals surface area contributed by atoms with Gasteiger partial charge in [-0.25, -0.2) is 0 Å². The number of ether oxygens (including phenoxy) is 1. The van der Waals surface area contributed by atoms with Crippen LogP contribution in [0, 0.1) is 5.41 Å². The highest BCUT2D eigenvalue weighted by Gasteiger charge is 2.25. The minimum Gasteiger partial charge on any atom is -0.379 e. The van der Waals surface area contributed by atoms with Gasteiger partial charge in [0, 0.05) is 19.6 Å². The van der Waals surface area contributed by atoms with Crippen molar-refractivity contribution in [3.8, 4) is 0 Å². The van der Waals surface area contributed by atoms with Crippen LogP contribution in [0.3, 0.4) is 0 Å². The van der Waals surface area contributed by atoms with Gasteiger partial charge in [0.25, 0.3) is 0 Å². The quantitative estimate of drug-likeness (QED) is 0.809. The average Bonchev–Trinajstić information content (AvgIpc) is 2.39. The molecule has 19 heavy (non-hydrogen) atoms. The SMILES string of the molecule is CC1(C)CCc2cc(CN3CCOCC3)ccc2C1. The molecule has 1 aliphatic carbocycles. The third kappa shape index (κ3) is 3.18. The maximum absolute atomic E-state index is 5.41. The molecule has 0 radical (unpaired) electrons. The Balaban J connectivity index is 1.71. The lowest BCUT2D eigenvalue weighted by Crippen LogP contribution is -2.35. The molecule has 0 unspecified atom stereocenters. The summed E-state index contributed by atoms with van der Waals surface area (Å²) in [5, 5.41) is 0. The largest absolute Gasteiger partial charge is 0.379 e. The van der Waals surface area contributed by atoms with Crippen molar-refractivity contribution in [2.24, 2.45) is 5.41 Å². The summed E-state index contributed by atoms with van der Waals surface area (Å²) < 4.78 is 5.41. The van der Waals surface area contributed by atoms with Crippen molar-refractivity contribution in [1.82, 2.24) is 4.90 Å². The summed E-state index contributed by atoms with van der Waals surface area (Å²) in [5.74, 6) is 0. The Kier molecular flexibility index (Phi) is 3.64. The number of hydrogen-bond donors (Lipinski definition) is 0. The van der Waals surface area contributed by atoms with E-state index in [1.165, 1.54) is 24.8 Å². The van der Waals surface area contributed by atoms with Crippen molar-refractivity contribution in [2.45, 2.75) is 39.7 Å². The lowest BCUT2D eigenvalue weighted by atomic mass is 9.74. The first kappa shape index (κ1) is 13.1. The fourth-order valence-electron chi connectivity index (χ4n) is 3.28. The van der Waals surface area contributed by atoms with Gasteiger partial charge in [0.05, 0.1) is 13.2 Å². The zero-order chi connectivity index (χ0) is 13.3. The Morgan fingerprint density at radius 2 is 1.95 bits per heavy atom. The number of morpholine rings is 1. The summed E-state index contributed by atoms with van der Waals surface area (Å²) in [6, 6.07) is 7.14. The Morgan fingerprint density at radius 1 is 1.16 bits per heavy atom. The van der Waals surface area contributed by atoms with E-state index in [2.05, 4.69) is 36.9 Å². The van der Waals surface area contributed by atoms with Crippen molar-refractivity contribution >= 4 is 0 Å². The number of fused-ring (bicyclic) bond motifs is 1. The number of hydrogen-bond acceptors (Lipinski definition) is 2. The van der Waals surface area contributed by atoms with Crippen LogP contribution in [-0.2, 0) is 24.1 Å². The maximum atomic E-state index is 5.41. The van der Waals surface area contributed by atoms with Crippen LogP contribution in [0.25, 0.3) is 0 Å². The van der Waals surface area contributed by atoms with Crippen molar-refractivity contribution < 1.29 is 4.74 Å². The highest BCUT2D eigenvalue weighted by molar-refractivity contribution is 5.35. The average molecular weight is 259 g/mol. The fraction of sp³-hybridized carbons (Fsp3) is 0.647. The zero-order valence-electron chi connectivity index (χ0n) is 12.2. The molecule has 1 fully saturated rings. The van der Waals surface area contributed by atoms with Crippen molar-refractivity contribution in [3.63, 3.8) is 0 Å². The standard InChI is InChI=1S/C17H25NO/c1-17(2)6-5-15-11-14(3-4-16(15)12-17)13-18-7-9-19-10-8-18/h3-4,11H,5-10,12-13H2,1-2H3. The normalized spacial score (nSPS) is 23.1. The molecule has 2 aliphatic rings. The van der Waals surface area contributed by atoms with Gasteiger partial charge in [0.1, 0.15) is 0 Å². The maximum Gasteiger partial charge on any atom is 0.0594 e. The molecule has 1 aromatic carbocycles. The van der Waals surface area contributed by atoms with Gasteiger partial charge in [-0.1, -0.05) is 32.0 Å². The van der Waals surface area contributed by atoms with E-state index in [0.717, 1.165) is 32.8 Å². The second-order valence-corrected chi connectivity index (χ2v) is 6.83. The summed E-state index contributed by atoms with van der Waals surface area (Å²) >= 11 is 0. The predicted molar refractivity (Wildman–Crippen MR) is 78.3 cm³/mol.